The Labute approximate surface area is 180 Å². The Morgan fingerprint density at radius 2 is 1.00 bits per heavy atom. The molecule has 172 valence electrons. The van der Waals surface area contributed by atoms with Gasteiger partial charge in [-0.2, -0.15) is 0 Å². The Balaban J connectivity index is 0.000000320. The zero-order valence-electron chi connectivity index (χ0n) is 16.3. The molecule has 0 unspecified atom stereocenters. The van der Waals surface area contributed by atoms with Crippen molar-refractivity contribution in [1.29, 1.82) is 0 Å². The number of carboxylic acids is 2. The molecular formula is C18H20N4O10. The number of aliphatic carboxylic acids is 2. The van der Waals surface area contributed by atoms with Crippen molar-refractivity contribution in [3.63, 3.8) is 0 Å². The highest BCUT2D eigenvalue weighted by Gasteiger charge is 2.23. The van der Waals surface area contributed by atoms with Crippen molar-refractivity contribution in [1.82, 2.24) is 10.9 Å². The number of aromatic hydroxyl groups is 2. The summed E-state index contributed by atoms with van der Waals surface area (Å²) in [7, 11) is 0. The third-order valence-corrected chi connectivity index (χ3v) is 3.87. The Morgan fingerprint density at radius 3 is 1.22 bits per heavy atom. The first-order chi connectivity index (χ1) is 15.0. The molecular weight excluding hydrogens is 432 g/mol. The third-order valence-electron chi connectivity index (χ3n) is 3.87. The zero-order valence-corrected chi connectivity index (χ0v) is 16.3. The number of carbonyl (C=O) groups is 2. The van der Waals surface area contributed by atoms with Gasteiger partial charge in [0.1, 0.15) is 11.5 Å². The summed E-state index contributed by atoms with van der Waals surface area (Å²) in [5.41, 5.74) is 4.57. The van der Waals surface area contributed by atoms with E-state index >= 15 is 0 Å². The summed E-state index contributed by atoms with van der Waals surface area (Å²) >= 11 is 0. The second-order valence-corrected chi connectivity index (χ2v) is 6.30. The summed E-state index contributed by atoms with van der Waals surface area (Å²) in [6.45, 7) is 0. The van der Waals surface area contributed by atoms with Gasteiger partial charge in [-0.25, -0.2) is 29.8 Å². The molecule has 0 fully saturated rings. The van der Waals surface area contributed by atoms with Crippen molar-refractivity contribution in [2.24, 2.45) is 0 Å². The second kappa shape index (κ2) is 12.2. The van der Waals surface area contributed by atoms with E-state index in [-0.39, 0.29) is 24.3 Å². The molecule has 0 heterocycles. The van der Waals surface area contributed by atoms with E-state index < -0.39 is 34.1 Å². The standard InChI is InChI=1S/2C9H10N2O5/c2*12-7-3-1-6(2-4-7)5-8(9(13)14)10-11(15)16/h2*1-4,8,10,12H,5H2,(H,13,14)/t2*8-/m00/s1. The average Bonchev–Trinajstić information content (AvgIpc) is 2.70. The number of phenolic OH excluding ortho intramolecular Hbond substituents is 2. The maximum atomic E-state index is 10.7. The normalized spacial score (nSPS) is 11.8. The van der Waals surface area contributed by atoms with Crippen molar-refractivity contribution < 1.29 is 40.1 Å². The maximum Gasteiger partial charge on any atom is 0.332 e. The molecule has 0 spiro atoms. The lowest BCUT2D eigenvalue weighted by Crippen LogP contribution is -2.41. The molecule has 0 aliphatic carbocycles. The molecule has 0 radical (unpaired) electrons. The van der Waals surface area contributed by atoms with Gasteiger partial charge in [0.2, 0.25) is 0 Å². The van der Waals surface area contributed by atoms with Gasteiger partial charge in [-0.1, -0.05) is 24.3 Å². The zero-order chi connectivity index (χ0) is 24.3. The van der Waals surface area contributed by atoms with Crippen molar-refractivity contribution in [3.8, 4) is 11.5 Å². The summed E-state index contributed by atoms with van der Waals surface area (Å²) in [6.07, 6.45) is -0.0623. The molecule has 32 heavy (non-hydrogen) atoms. The second-order valence-electron chi connectivity index (χ2n) is 6.30. The average molecular weight is 452 g/mol. The SMILES string of the molecule is O=C(O)[C@H](Cc1ccc(O)cc1)N[N+](=O)[O-].O=C(O)[C@H](Cc1ccc(O)cc1)N[N+](=O)[O-]. The number of carboxylic acid groups (broad SMARTS) is 2. The quantitative estimate of drug-likeness (QED) is 0.212. The number of rotatable bonds is 10. The van der Waals surface area contributed by atoms with Crippen LogP contribution < -0.4 is 10.9 Å². The Morgan fingerprint density at radius 1 is 0.719 bits per heavy atom. The Kier molecular flexibility index (Phi) is 9.66. The highest BCUT2D eigenvalue weighted by atomic mass is 16.7. The van der Waals surface area contributed by atoms with Crippen molar-refractivity contribution >= 4 is 11.9 Å². The smallest absolute Gasteiger partial charge is 0.332 e. The molecule has 2 atom stereocenters. The van der Waals surface area contributed by atoms with Gasteiger partial charge in [0, 0.05) is 12.8 Å². The number of nitrogens with one attached hydrogen (secondary N) is 2. The third kappa shape index (κ3) is 9.73. The van der Waals surface area contributed by atoms with Crippen LogP contribution in [0.15, 0.2) is 48.5 Å². The van der Waals surface area contributed by atoms with Gasteiger partial charge in [0.05, 0.1) is 0 Å². The first-order valence-electron chi connectivity index (χ1n) is 8.80. The van der Waals surface area contributed by atoms with Crippen LogP contribution in [0.25, 0.3) is 0 Å². The lowest BCUT2D eigenvalue weighted by Gasteiger charge is -2.08. The lowest BCUT2D eigenvalue weighted by molar-refractivity contribution is -0.548. The predicted molar refractivity (Wildman–Crippen MR) is 107 cm³/mol. The number of hydrazine groups is 2. The molecule has 14 heteroatoms. The van der Waals surface area contributed by atoms with E-state index in [0.29, 0.717) is 11.1 Å². The van der Waals surface area contributed by atoms with Gasteiger partial charge >= 0.3 is 11.9 Å². The molecule has 2 aromatic carbocycles. The largest absolute Gasteiger partial charge is 0.508 e. The van der Waals surface area contributed by atoms with Crippen LogP contribution in [0.3, 0.4) is 0 Å². The molecule has 0 bridgehead atoms. The summed E-state index contributed by atoms with van der Waals surface area (Å²) < 4.78 is 0. The molecule has 0 aliphatic rings. The first kappa shape index (κ1) is 25.4. The fourth-order valence-corrected chi connectivity index (χ4v) is 2.37. The number of nitro groups is 2. The van der Waals surface area contributed by atoms with E-state index in [9.17, 15) is 29.8 Å². The molecule has 0 aromatic heterocycles. The van der Waals surface area contributed by atoms with E-state index in [1.54, 1.807) is 10.9 Å². The van der Waals surface area contributed by atoms with Crippen LogP contribution in [0.4, 0.5) is 0 Å². The van der Waals surface area contributed by atoms with Crippen LogP contribution >= 0.6 is 0 Å². The van der Waals surface area contributed by atoms with Gasteiger partial charge in [-0.3, -0.25) is 0 Å². The van der Waals surface area contributed by atoms with Crippen LogP contribution in [-0.2, 0) is 22.4 Å². The molecule has 0 saturated heterocycles. The minimum Gasteiger partial charge on any atom is -0.508 e. The summed E-state index contributed by atoms with van der Waals surface area (Å²) in [4.78, 5) is 41.7. The summed E-state index contributed by atoms with van der Waals surface area (Å²) in [6, 6.07) is 9.00. The molecule has 2 aromatic rings. The van der Waals surface area contributed by atoms with Crippen LogP contribution in [0.1, 0.15) is 11.1 Å². The van der Waals surface area contributed by atoms with Crippen LogP contribution in [0.5, 0.6) is 11.5 Å². The Hall–Kier alpha value is -4.62. The topological polar surface area (TPSA) is 225 Å². The van der Waals surface area contributed by atoms with E-state index in [2.05, 4.69) is 0 Å². The van der Waals surface area contributed by atoms with Gasteiger partial charge in [0.25, 0.3) is 0 Å². The van der Waals surface area contributed by atoms with E-state index in [0.717, 1.165) is 0 Å². The number of hydrogen-bond donors (Lipinski definition) is 6. The fraction of sp³-hybridized carbons (Fsp3) is 0.222. The molecule has 0 aliphatic heterocycles. The summed E-state index contributed by atoms with van der Waals surface area (Å²) in [5, 5.41) is 54.0. The first-order valence-corrected chi connectivity index (χ1v) is 8.80. The van der Waals surface area contributed by atoms with Gasteiger partial charge in [-0.05, 0) is 35.4 Å². The van der Waals surface area contributed by atoms with E-state index in [1.807, 2.05) is 0 Å². The van der Waals surface area contributed by atoms with Crippen LogP contribution in [-0.4, -0.2) is 54.5 Å². The molecule has 2 rings (SSSR count). The highest BCUT2D eigenvalue weighted by molar-refractivity contribution is 5.74. The minimum atomic E-state index is -1.30. The molecule has 6 N–H and O–H groups in total. The van der Waals surface area contributed by atoms with Crippen LogP contribution in [0, 0.1) is 20.2 Å². The van der Waals surface area contributed by atoms with Gasteiger partial charge < -0.3 is 20.4 Å². The van der Waals surface area contributed by atoms with E-state index in [1.165, 1.54) is 48.5 Å². The highest BCUT2D eigenvalue weighted by Crippen LogP contribution is 2.12. The lowest BCUT2D eigenvalue weighted by atomic mass is 10.1. The fourth-order valence-electron chi connectivity index (χ4n) is 2.37. The van der Waals surface area contributed by atoms with Crippen LogP contribution in [0.2, 0.25) is 0 Å². The van der Waals surface area contributed by atoms with Crippen molar-refractivity contribution in [2.75, 3.05) is 0 Å². The van der Waals surface area contributed by atoms with Gasteiger partial charge in [0.15, 0.2) is 22.1 Å². The Bertz CT molecular complexity index is 856. The number of hydrogen-bond acceptors (Lipinski definition) is 8. The minimum absolute atomic E-state index is 0.0312. The molecule has 0 saturated carbocycles. The molecule has 0 amide bonds. The number of nitrogens with zero attached hydrogens (tertiary/aromatic N) is 2. The van der Waals surface area contributed by atoms with E-state index in [4.69, 9.17) is 20.4 Å². The predicted octanol–water partition coefficient (Wildman–Crippen LogP) is 0.338. The number of phenols is 2. The molecule has 14 nitrogen and oxygen atoms in total. The maximum absolute atomic E-state index is 10.7. The summed E-state index contributed by atoms with van der Waals surface area (Å²) in [5.74, 6) is -2.50. The van der Waals surface area contributed by atoms with Gasteiger partial charge in [-0.15, -0.1) is 10.9 Å². The van der Waals surface area contributed by atoms with Crippen molar-refractivity contribution in [2.45, 2.75) is 24.9 Å². The number of benzene rings is 2. The monoisotopic (exact) mass is 452 g/mol. The van der Waals surface area contributed by atoms with Crippen molar-refractivity contribution in [3.05, 3.63) is 79.9 Å².